The van der Waals surface area contributed by atoms with Crippen molar-refractivity contribution in [3.63, 3.8) is 0 Å². The third-order valence-corrected chi connectivity index (χ3v) is 6.80. The molecule has 3 rings (SSSR count). The third-order valence-electron chi connectivity index (χ3n) is 3.95. The van der Waals surface area contributed by atoms with Crippen molar-refractivity contribution in [3.05, 3.63) is 30.3 Å². The minimum Gasteiger partial charge on any atom is -0.339 e. The van der Waals surface area contributed by atoms with Gasteiger partial charge in [0.05, 0.1) is 10.9 Å². The molecule has 1 amide bonds. The topological polar surface area (TPSA) is 69.7 Å². The highest BCUT2D eigenvalue weighted by Gasteiger charge is 2.33. The first-order valence-electron chi connectivity index (χ1n) is 7.24. The summed E-state index contributed by atoms with van der Waals surface area (Å²) in [6, 6.07) is 8.32. The minimum atomic E-state index is -3.45. The minimum absolute atomic E-state index is 0.0850. The van der Waals surface area contributed by atoms with Crippen LogP contribution in [0, 0.1) is 0 Å². The van der Waals surface area contributed by atoms with E-state index in [-0.39, 0.29) is 11.9 Å². The monoisotopic (exact) mass is 341 g/mol. The van der Waals surface area contributed by atoms with Crippen LogP contribution >= 0.6 is 11.8 Å². The Morgan fingerprint density at radius 1 is 1.14 bits per heavy atom. The van der Waals surface area contributed by atoms with Crippen LogP contribution in [0.25, 0.3) is 0 Å². The Hall–Kier alpha value is -1.09. The molecule has 1 aromatic carbocycles. The van der Waals surface area contributed by atoms with Crippen LogP contribution in [0.4, 0.5) is 0 Å². The quantitative estimate of drug-likeness (QED) is 0.849. The molecule has 22 heavy (non-hydrogen) atoms. The standard InChI is InChI=1S/C14H19N3O3S2/c18-14(13-10-21-11-15-13)16-6-8-17(9-7-16)22(19,20)12-4-2-1-3-5-12/h1-5,13,15H,6-11H2. The van der Waals surface area contributed by atoms with Gasteiger partial charge in [-0.2, -0.15) is 4.31 Å². The van der Waals surface area contributed by atoms with E-state index in [4.69, 9.17) is 0 Å². The molecule has 2 aliphatic heterocycles. The number of carbonyl (C=O) groups excluding carboxylic acids is 1. The van der Waals surface area contributed by atoms with Gasteiger partial charge in [-0.1, -0.05) is 18.2 Å². The van der Waals surface area contributed by atoms with Gasteiger partial charge < -0.3 is 4.90 Å². The van der Waals surface area contributed by atoms with Crippen LogP contribution in [-0.4, -0.2) is 67.4 Å². The first-order chi connectivity index (χ1) is 10.6. The molecule has 0 saturated carbocycles. The molecular weight excluding hydrogens is 322 g/mol. The van der Waals surface area contributed by atoms with Gasteiger partial charge in [-0.05, 0) is 12.1 Å². The summed E-state index contributed by atoms with van der Waals surface area (Å²) in [4.78, 5) is 14.4. The molecule has 0 aromatic heterocycles. The number of nitrogens with zero attached hydrogens (tertiary/aromatic N) is 2. The Morgan fingerprint density at radius 3 is 2.41 bits per heavy atom. The van der Waals surface area contributed by atoms with E-state index in [2.05, 4.69) is 5.32 Å². The summed E-state index contributed by atoms with van der Waals surface area (Å²) >= 11 is 1.71. The largest absolute Gasteiger partial charge is 0.339 e. The lowest BCUT2D eigenvalue weighted by atomic mass is 10.2. The Balaban J connectivity index is 1.63. The van der Waals surface area contributed by atoms with Crippen molar-refractivity contribution < 1.29 is 13.2 Å². The number of carbonyl (C=O) groups is 1. The maximum atomic E-state index is 12.5. The average molecular weight is 341 g/mol. The molecule has 0 aliphatic carbocycles. The SMILES string of the molecule is O=C(C1CSCN1)N1CCN(S(=O)(=O)c2ccccc2)CC1. The zero-order valence-electron chi connectivity index (χ0n) is 12.1. The molecule has 1 aromatic rings. The second-order valence-electron chi connectivity index (χ2n) is 5.31. The summed E-state index contributed by atoms with van der Waals surface area (Å²) in [5.74, 6) is 1.68. The fraction of sp³-hybridized carbons (Fsp3) is 0.500. The van der Waals surface area contributed by atoms with Gasteiger partial charge in [-0.25, -0.2) is 8.42 Å². The molecule has 2 fully saturated rings. The summed E-state index contributed by atoms with van der Waals surface area (Å²) < 4.78 is 26.5. The summed E-state index contributed by atoms with van der Waals surface area (Å²) in [6.45, 7) is 1.60. The highest BCUT2D eigenvalue weighted by molar-refractivity contribution is 7.99. The van der Waals surface area contributed by atoms with E-state index in [0.29, 0.717) is 31.1 Å². The molecule has 2 aliphatic rings. The predicted molar refractivity (Wildman–Crippen MR) is 86.0 cm³/mol. The van der Waals surface area contributed by atoms with E-state index in [1.54, 1.807) is 47.0 Å². The summed E-state index contributed by atoms with van der Waals surface area (Å²) in [5.41, 5.74) is 0. The Bertz CT molecular complexity index is 622. The maximum Gasteiger partial charge on any atom is 0.243 e. The Morgan fingerprint density at radius 2 is 1.82 bits per heavy atom. The number of rotatable bonds is 3. The van der Waals surface area contributed by atoms with Crippen molar-refractivity contribution in [2.45, 2.75) is 10.9 Å². The summed E-state index contributed by atoms with van der Waals surface area (Å²) in [7, 11) is -3.45. The lowest BCUT2D eigenvalue weighted by molar-refractivity contribution is -0.133. The number of hydrogen-bond acceptors (Lipinski definition) is 5. The van der Waals surface area contributed by atoms with Gasteiger partial charge >= 0.3 is 0 Å². The number of amides is 1. The van der Waals surface area contributed by atoms with Crippen molar-refractivity contribution in [2.24, 2.45) is 0 Å². The summed E-state index contributed by atoms with van der Waals surface area (Å²) in [6.07, 6.45) is 0. The van der Waals surface area contributed by atoms with Crippen LogP contribution in [0.15, 0.2) is 35.2 Å². The van der Waals surface area contributed by atoms with Crippen LogP contribution < -0.4 is 5.32 Å². The van der Waals surface area contributed by atoms with Crippen molar-refractivity contribution in [1.29, 1.82) is 0 Å². The number of thioether (sulfide) groups is 1. The van der Waals surface area contributed by atoms with Gasteiger partial charge in [0.25, 0.3) is 0 Å². The Kier molecular flexibility index (Phi) is 4.72. The molecule has 2 saturated heterocycles. The molecule has 120 valence electrons. The van der Waals surface area contributed by atoms with Crippen molar-refractivity contribution in [1.82, 2.24) is 14.5 Å². The highest BCUT2D eigenvalue weighted by Crippen LogP contribution is 2.18. The third kappa shape index (κ3) is 3.15. The molecule has 0 spiro atoms. The van der Waals surface area contributed by atoms with Gasteiger partial charge in [0.15, 0.2) is 0 Å². The van der Waals surface area contributed by atoms with Gasteiger partial charge in [0, 0.05) is 37.8 Å². The van der Waals surface area contributed by atoms with Gasteiger partial charge in [0.1, 0.15) is 0 Å². The summed E-state index contributed by atoms with van der Waals surface area (Å²) in [5, 5.41) is 3.16. The lowest BCUT2D eigenvalue weighted by Gasteiger charge is -2.35. The molecule has 2 heterocycles. The zero-order chi connectivity index (χ0) is 15.6. The van der Waals surface area contributed by atoms with E-state index < -0.39 is 10.0 Å². The van der Waals surface area contributed by atoms with Gasteiger partial charge in [0.2, 0.25) is 15.9 Å². The molecular formula is C14H19N3O3S2. The number of nitrogens with one attached hydrogen (secondary N) is 1. The van der Waals surface area contributed by atoms with Gasteiger partial charge in [-0.3, -0.25) is 10.1 Å². The molecule has 6 nitrogen and oxygen atoms in total. The molecule has 1 N–H and O–H groups in total. The van der Waals surface area contributed by atoms with Crippen LogP contribution in [0.3, 0.4) is 0 Å². The fourth-order valence-corrected chi connectivity index (χ4v) is 5.04. The van der Waals surface area contributed by atoms with Crippen molar-refractivity contribution in [2.75, 3.05) is 37.8 Å². The van der Waals surface area contributed by atoms with E-state index in [9.17, 15) is 13.2 Å². The van der Waals surface area contributed by atoms with Crippen LogP contribution in [0.2, 0.25) is 0 Å². The molecule has 0 bridgehead atoms. The average Bonchev–Trinajstić information content (AvgIpc) is 3.09. The number of hydrogen-bond donors (Lipinski definition) is 1. The number of benzene rings is 1. The predicted octanol–water partition coefficient (Wildman–Crippen LogP) is 0.182. The maximum absolute atomic E-state index is 12.5. The van der Waals surface area contributed by atoms with Crippen LogP contribution in [0.1, 0.15) is 0 Å². The van der Waals surface area contributed by atoms with Gasteiger partial charge in [-0.15, -0.1) is 11.8 Å². The molecule has 8 heteroatoms. The molecule has 0 radical (unpaired) electrons. The molecule has 1 unspecified atom stereocenters. The first-order valence-corrected chi connectivity index (χ1v) is 9.83. The smallest absolute Gasteiger partial charge is 0.243 e. The van der Waals surface area contributed by atoms with E-state index in [0.717, 1.165) is 11.6 Å². The second kappa shape index (κ2) is 6.57. The normalized spacial score (nSPS) is 23.6. The van der Waals surface area contributed by atoms with E-state index >= 15 is 0 Å². The van der Waals surface area contributed by atoms with Crippen LogP contribution in [0.5, 0.6) is 0 Å². The van der Waals surface area contributed by atoms with E-state index in [1.165, 1.54) is 4.31 Å². The van der Waals surface area contributed by atoms with Crippen molar-refractivity contribution >= 4 is 27.7 Å². The lowest BCUT2D eigenvalue weighted by Crippen LogP contribution is -2.54. The fourth-order valence-electron chi connectivity index (χ4n) is 2.66. The molecule has 1 atom stereocenters. The number of piperazine rings is 1. The van der Waals surface area contributed by atoms with Crippen molar-refractivity contribution in [3.8, 4) is 0 Å². The van der Waals surface area contributed by atoms with E-state index in [1.807, 2.05) is 0 Å². The zero-order valence-corrected chi connectivity index (χ0v) is 13.8. The second-order valence-corrected chi connectivity index (χ2v) is 8.28. The van der Waals surface area contributed by atoms with Crippen LogP contribution in [-0.2, 0) is 14.8 Å². The highest BCUT2D eigenvalue weighted by atomic mass is 32.2. The first kappa shape index (κ1) is 15.8. The Labute approximate surface area is 134 Å². The number of sulfonamides is 1.